The Morgan fingerprint density at radius 3 is 3.00 bits per heavy atom. The molecule has 0 spiro atoms. The Balaban J connectivity index is 1.71. The first-order chi connectivity index (χ1) is 9.25. The number of carbonyl (C=O) groups excluding carboxylic acids is 1. The molecule has 1 aliphatic heterocycles. The van der Waals surface area contributed by atoms with Gasteiger partial charge < -0.3 is 15.1 Å². The summed E-state index contributed by atoms with van der Waals surface area (Å²) in [5.41, 5.74) is 8.76. The van der Waals surface area contributed by atoms with Crippen LogP contribution in [-0.4, -0.2) is 12.5 Å². The fourth-order valence-electron chi connectivity index (χ4n) is 2.54. The molecule has 0 atom stereocenters. The van der Waals surface area contributed by atoms with Gasteiger partial charge in [0.25, 0.3) is 0 Å². The molecule has 1 aliphatic rings. The van der Waals surface area contributed by atoms with E-state index in [2.05, 4.69) is 0 Å². The molecule has 0 unspecified atom stereocenters. The monoisotopic (exact) mass is 256 g/mol. The van der Waals surface area contributed by atoms with E-state index >= 15 is 0 Å². The summed E-state index contributed by atoms with van der Waals surface area (Å²) in [5, 5.41) is 0. The summed E-state index contributed by atoms with van der Waals surface area (Å²) in [7, 11) is 0. The Labute approximate surface area is 111 Å². The number of nitrogens with zero attached hydrogens (tertiary/aromatic N) is 1. The zero-order valence-corrected chi connectivity index (χ0v) is 10.6. The molecule has 4 nitrogen and oxygen atoms in total. The maximum absolute atomic E-state index is 12.3. The summed E-state index contributed by atoms with van der Waals surface area (Å²) in [6, 6.07) is 9.47. The number of furan rings is 1. The Morgan fingerprint density at radius 2 is 2.21 bits per heavy atom. The van der Waals surface area contributed by atoms with Crippen LogP contribution in [0.3, 0.4) is 0 Å². The third-order valence-electron chi connectivity index (χ3n) is 3.53. The zero-order chi connectivity index (χ0) is 13.2. The smallest absolute Gasteiger partial charge is 0.227 e. The number of carbonyl (C=O) groups is 1. The van der Waals surface area contributed by atoms with Crippen LogP contribution in [0.4, 0.5) is 11.4 Å². The number of hydrogen-bond donors (Lipinski definition) is 1. The number of nitrogens with two attached hydrogens (primary N) is 1. The SMILES string of the molecule is Nc1cccc2c1CCN2C(=O)CCc1ccco1. The van der Waals surface area contributed by atoms with E-state index in [0.29, 0.717) is 12.8 Å². The van der Waals surface area contributed by atoms with Gasteiger partial charge in [-0.15, -0.1) is 0 Å². The van der Waals surface area contributed by atoms with Gasteiger partial charge >= 0.3 is 0 Å². The number of anilines is 2. The average molecular weight is 256 g/mol. The summed E-state index contributed by atoms with van der Waals surface area (Å²) in [5.74, 6) is 0.973. The predicted octanol–water partition coefficient (Wildman–Crippen LogP) is 2.38. The first-order valence-electron chi connectivity index (χ1n) is 6.46. The quantitative estimate of drug-likeness (QED) is 0.858. The molecule has 0 saturated heterocycles. The normalized spacial score (nSPS) is 13.6. The third kappa shape index (κ3) is 2.21. The lowest BCUT2D eigenvalue weighted by atomic mass is 10.1. The zero-order valence-electron chi connectivity index (χ0n) is 10.6. The Hall–Kier alpha value is -2.23. The molecule has 0 bridgehead atoms. The first-order valence-corrected chi connectivity index (χ1v) is 6.46. The second-order valence-corrected chi connectivity index (χ2v) is 4.72. The number of aryl methyl sites for hydroxylation is 1. The van der Waals surface area contributed by atoms with Crippen LogP contribution in [0.2, 0.25) is 0 Å². The second kappa shape index (κ2) is 4.80. The third-order valence-corrected chi connectivity index (χ3v) is 3.53. The highest BCUT2D eigenvalue weighted by Crippen LogP contribution is 2.32. The Bertz CT molecular complexity index is 590. The summed E-state index contributed by atoms with van der Waals surface area (Å²) >= 11 is 0. The maximum atomic E-state index is 12.3. The molecule has 19 heavy (non-hydrogen) atoms. The van der Waals surface area contributed by atoms with Crippen molar-refractivity contribution in [3.05, 3.63) is 47.9 Å². The van der Waals surface area contributed by atoms with Crippen LogP contribution in [0, 0.1) is 0 Å². The van der Waals surface area contributed by atoms with E-state index in [-0.39, 0.29) is 5.91 Å². The standard InChI is InChI=1S/C15H16N2O2/c16-13-4-1-5-14-12(13)8-9-17(14)15(18)7-6-11-3-2-10-19-11/h1-5,10H,6-9,16H2. The van der Waals surface area contributed by atoms with Crippen molar-refractivity contribution in [2.75, 3.05) is 17.2 Å². The molecule has 0 fully saturated rings. The van der Waals surface area contributed by atoms with E-state index in [4.69, 9.17) is 10.2 Å². The molecule has 2 N–H and O–H groups in total. The van der Waals surface area contributed by atoms with E-state index in [1.54, 1.807) is 6.26 Å². The molecule has 1 aromatic heterocycles. The number of amides is 1. The van der Waals surface area contributed by atoms with E-state index in [1.165, 1.54) is 0 Å². The number of hydrogen-bond acceptors (Lipinski definition) is 3. The largest absolute Gasteiger partial charge is 0.469 e. The molecule has 1 aromatic carbocycles. The first kappa shape index (κ1) is 11.8. The molecule has 1 amide bonds. The van der Waals surface area contributed by atoms with E-state index in [1.807, 2.05) is 35.2 Å². The van der Waals surface area contributed by atoms with Gasteiger partial charge in [0.1, 0.15) is 5.76 Å². The van der Waals surface area contributed by atoms with E-state index in [0.717, 1.165) is 35.7 Å². The van der Waals surface area contributed by atoms with Crippen molar-refractivity contribution < 1.29 is 9.21 Å². The lowest BCUT2D eigenvalue weighted by molar-refractivity contribution is -0.118. The van der Waals surface area contributed by atoms with Crippen molar-refractivity contribution >= 4 is 17.3 Å². The molecule has 2 heterocycles. The van der Waals surface area contributed by atoms with Gasteiger partial charge in [-0.2, -0.15) is 0 Å². The highest BCUT2D eigenvalue weighted by Gasteiger charge is 2.25. The van der Waals surface area contributed by atoms with Crippen LogP contribution in [0.1, 0.15) is 17.7 Å². The summed E-state index contributed by atoms with van der Waals surface area (Å²) in [4.78, 5) is 14.1. The van der Waals surface area contributed by atoms with Gasteiger partial charge in [-0.1, -0.05) is 6.07 Å². The molecule has 2 aromatic rings. The average Bonchev–Trinajstić information content (AvgIpc) is 3.06. The Morgan fingerprint density at radius 1 is 1.32 bits per heavy atom. The lowest BCUT2D eigenvalue weighted by Gasteiger charge is -2.17. The summed E-state index contributed by atoms with van der Waals surface area (Å²) < 4.78 is 5.24. The molecule has 0 saturated carbocycles. The minimum atomic E-state index is 0.126. The topological polar surface area (TPSA) is 59.5 Å². The van der Waals surface area contributed by atoms with Crippen molar-refractivity contribution in [2.24, 2.45) is 0 Å². The number of rotatable bonds is 3. The molecule has 98 valence electrons. The summed E-state index contributed by atoms with van der Waals surface area (Å²) in [6.45, 7) is 0.723. The maximum Gasteiger partial charge on any atom is 0.227 e. The number of benzene rings is 1. The van der Waals surface area contributed by atoms with Crippen LogP contribution >= 0.6 is 0 Å². The van der Waals surface area contributed by atoms with Gasteiger partial charge in [-0.05, 0) is 30.7 Å². The van der Waals surface area contributed by atoms with E-state index < -0.39 is 0 Å². The van der Waals surface area contributed by atoms with Crippen molar-refractivity contribution in [2.45, 2.75) is 19.3 Å². The molecular weight excluding hydrogens is 240 g/mol. The predicted molar refractivity (Wildman–Crippen MR) is 73.9 cm³/mol. The molecule has 3 rings (SSSR count). The molecule has 0 aliphatic carbocycles. The van der Waals surface area contributed by atoms with Crippen LogP contribution in [0.15, 0.2) is 41.0 Å². The fraction of sp³-hybridized carbons (Fsp3) is 0.267. The van der Waals surface area contributed by atoms with Gasteiger partial charge in [0.05, 0.1) is 6.26 Å². The van der Waals surface area contributed by atoms with Crippen LogP contribution < -0.4 is 10.6 Å². The lowest BCUT2D eigenvalue weighted by Crippen LogP contribution is -2.28. The van der Waals surface area contributed by atoms with Crippen LogP contribution in [0.5, 0.6) is 0 Å². The second-order valence-electron chi connectivity index (χ2n) is 4.72. The van der Waals surface area contributed by atoms with Gasteiger partial charge in [-0.25, -0.2) is 0 Å². The van der Waals surface area contributed by atoms with Crippen molar-refractivity contribution in [1.82, 2.24) is 0 Å². The summed E-state index contributed by atoms with van der Waals surface area (Å²) in [6.07, 6.45) is 3.57. The van der Waals surface area contributed by atoms with Gasteiger partial charge in [0, 0.05) is 36.3 Å². The minimum absolute atomic E-state index is 0.126. The van der Waals surface area contributed by atoms with Crippen molar-refractivity contribution in [3.8, 4) is 0 Å². The number of nitrogen functional groups attached to an aromatic ring is 1. The fourth-order valence-corrected chi connectivity index (χ4v) is 2.54. The van der Waals surface area contributed by atoms with Gasteiger partial charge in [0.15, 0.2) is 0 Å². The highest BCUT2D eigenvalue weighted by atomic mass is 16.3. The highest BCUT2D eigenvalue weighted by molar-refractivity contribution is 5.96. The number of fused-ring (bicyclic) bond motifs is 1. The van der Waals surface area contributed by atoms with Gasteiger partial charge in [0.2, 0.25) is 5.91 Å². The molecule has 4 heteroatoms. The van der Waals surface area contributed by atoms with Crippen LogP contribution in [0.25, 0.3) is 0 Å². The van der Waals surface area contributed by atoms with Crippen molar-refractivity contribution in [3.63, 3.8) is 0 Å². The van der Waals surface area contributed by atoms with E-state index in [9.17, 15) is 4.79 Å². The molecular formula is C15H16N2O2. The molecule has 0 radical (unpaired) electrons. The van der Waals surface area contributed by atoms with Crippen molar-refractivity contribution in [1.29, 1.82) is 0 Å². The minimum Gasteiger partial charge on any atom is -0.469 e. The Kier molecular flexibility index (Phi) is 2.99. The van der Waals surface area contributed by atoms with Gasteiger partial charge in [-0.3, -0.25) is 4.79 Å². The van der Waals surface area contributed by atoms with Crippen LogP contribution in [-0.2, 0) is 17.6 Å².